The van der Waals surface area contributed by atoms with Crippen molar-refractivity contribution >= 4 is 23.4 Å². The van der Waals surface area contributed by atoms with Gasteiger partial charge in [0.25, 0.3) is 0 Å². The number of nitrogen functional groups attached to an aromatic ring is 1. The van der Waals surface area contributed by atoms with Crippen LogP contribution in [0.15, 0.2) is 48.5 Å². The number of carbonyl (C=O) groups is 1. The van der Waals surface area contributed by atoms with Gasteiger partial charge in [-0.2, -0.15) is 0 Å². The highest BCUT2D eigenvalue weighted by molar-refractivity contribution is 7.97. The standard InChI is InChI=1S/C23H31N3OS/c1-26(21-10-6-3-7-11-21)28-15-14-25-17-20-16-19(12-13-22(20)24)23(27)18-8-4-2-5-9-18/h2,4-5,8-9,12-13,16,21,25H,3,6-7,10-11,14-15,17,24H2,1H3. The third-order valence-corrected chi connectivity index (χ3v) is 6.51. The van der Waals surface area contributed by atoms with E-state index in [9.17, 15) is 4.79 Å². The Balaban J connectivity index is 1.47. The average molecular weight is 398 g/mol. The SMILES string of the molecule is CN(SCCNCc1cc(C(=O)c2ccccc2)ccc1N)C1CCCCC1. The molecular formula is C23H31N3OS. The zero-order chi connectivity index (χ0) is 19.8. The predicted octanol–water partition coefficient (Wildman–Crippen LogP) is 4.50. The van der Waals surface area contributed by atoms with E-state index in [4.69, 9.17) is 5.73 Å². The van der Waals surface area contributed by atoms with Crippen molar-refractivity contribution in [3.05, 3.63) is 65.2 Å². The van der Waals surface area contributed by atoms with Crippen molar-refractivity contribution in [2.45, 2.75) is 44.7 Å². The molecule has 1 aliphatic carbocycles. The van der Waals surface area contributed by atoms with E-state index in [-0.39, 0.29) is 5.78 Å². The second-order valence-electron chi connectivity index (χ2n) is 7.46. The number of anilines is 1. The Morgan fingerprint density at radius 2 is 1.86 bits per heavy atom. The number of carbonyl (C=O) groups excluding carboxylic acids is 1. The molecule has 1 fully saturated rings. The van der Waals surface area contributed by atoms with E-state index in [1.807, 2.05) is 60.5 Å². The maximum atomic E-state index is 12.6. The van der Waals surface area contributed by atoms with Crippen LogP contribution in [0.2, 0.25) is 0 Å². The first-order valence-corrected chi connectivity index (χ1v) is 11.1. The van der Waals surface area contributed by atoms with Crippen LogP contribution in [0.3, 0.4) is 0 Å². The van der Waals surface area contributed by atoms with E-state index >= 15 is 0 Å². The van der Waals surface area contributed by atoms with Crippen molar-refractivity contribution < 1.29 is 4.79 Å². The van der Waals surface area contributed by atoms with Crippen LogP contribution < -0.4 is 11.1 Å². The molecule has 0 spiro atoms. The molecule has 0 heterocycles. The quantitative estimate of drug-likeness (QED) is 0.282. The Kier molecular flexibility index (Phi) is 7.95. The zero-order valence-corrected chi connectivity index (χ0v) is 17.5. The highest BCUT2D eigenvalue weighted by atomic mass is 32.2. The molecule has 5 heteroatoms. The molecule has 0 bridgehead atoms. The lowest BCUT2D eigenvalue weighted by Crippen LogP contribution is -2.29. The number of benzene rings is 2. The molecular weight excluding hydrogens is 366 g/mol. The Labute approximate surface area is 173 Å². The van der Waals surface area contributed by atoms with Gasteiger partial charge in [-0.05, 0) is 43.7 Å². The topological polar surface area (TPSA) is 58.4 Å². The van der Waals surface area contributed by atoms with Gasteiger partial charge in [-0.3, -0.25) is 9.10 Å². The third-order valence-electron chi connectivity index (χ3n) is 5.42. The second kappa shape index (κ2) is 10.6. The minimum Gasteiger partial charge on any atom is -0.398 e. The fraction of sp³-hybridized carbons (Fsp3) is 0.435. The molecule has 2 aromatic carbocycles. The van der Waals surface area contributed by atoms with Crippen LogP contribution in [0.25, 0.3) is 0 Å². The van der Waals surface area contributed by atoms with Gasteiger partial charge < -0.3 is 11.1 Å². The predicted molar refractivity (Wildman–Crippen MR) is 120 cm³/mol. The first-order valence-electron chi connectivity index (χ1n) is 10.2. The van der Waals surface area contributed by atoms with Gasteiger partial charge in [-0.15, -0.1) is 0 Å². The summed E-state index contributed by atoms with van der Waals surface area (Å²) in [4.78, 5) is 12.6. The van der Waals surface area contributed by atoms with Gasteiger partial charge in [-0.25, -0.2) is 0 Å². The number of nitrogens with one attached hydrogen (secondary N) is 1. The van der Waals surface area contributed by atoms with Crippen molar-refractivity contribution in [3.63, 3.8) is 0 Å². The largest absolute Gasteiger partial charge is 0.398 e. The molecule has 2 aromatic rings. The van der Waals surface area contributed by atoms with E-state index < -0.39 is 0 Å². The summed E-state index contributed by atoms with van der Waals surface area (Å²) >= 11 is 1.91. The van der Waals surface area contributed by atoms with Gasteiger partial charge in [0, 0.05) is 41.7 Å². The monoisotopic (exact) mass is 397 g/mol. The summed E-state index contributed by atoms with van der Waals surface area (Å²) in [6.07, 6.45) is 6.78. The lowest BCUT2D eigenvalue weighted by molar-refractivity contribution is 0.103. The van der Waals surface area contributed by atoms with Gasteiger partial charge in [-0.1, -0.05) is 61.5 Å². The van der Waals surface area contributed by atoms with Gasteiger partial charge in [0.15, 0.2) is 5.78 Å². The average Bonchev–Trinajstić information content (AvgIpc) is 2.75. The van der Waals surface area contributed by atoms with Crippen LogP contribution in [0, 0.1) is 0 Å². The Morgan fingerprint density at radius 3 is 2.61 bits per heavy atom. The first kappa shape index (κ1) is 20.9. The highest BCUT2D eigenvalue weighted by Crippen LogP contribution is 2.25. The minimum atomic E-state index is 0.0338. The molecule has 0 radical (unpaired) electrons. The number of hydrogen-bond acceptors (Lipinski definition) is 5. The summed E-state index contributed by atoms with van der Waals surface area (Å²) in [5, 5.41) is 3.47. The van der Waals surface area contributed by atoms with Crippen LogP contribution in [0.4, 0.5) is 5.69 Å². The molecule has 1 saturated carbocycles. The van der Waals surface area contributed by atoms with Crippen LogP contribution in [-0.2, 0) is 6.54 Å². The molecule has 3 N–H and O–H groups in total. The number of rotatable bonds is 9. The molecule has 0 atom stereocenters. The van der Waals surface area contributed by atoms with Gasteiger partial charge in [0.1, 0.15) is 0 Å². The second-order valence-corrected chi connectivity index (χ2v) is 8.70. The Bertz CT molecular complexity index is 760. The normalized spacial score (nSPS) is 15.1. The van der Waals surface area contributed by atoms with Crippen molar-refractivity contribution in [3.8, 4) is 0 Å². The zero-order valence-electron chi connectivity index (χ0n) is 16.7. The van der Waals surface area contributed by atoms with Gasteiger partial charge >= 0.3 is 0 Å². The first-order chi connectivity index (χ1) is 13.6. The van der Waals surface area contributed by atoms with Crippen LogP contribution in [-0.4, -0.2) is 35.5 Å². The summed E-state index contributed by atoms with van der Waals surface area (Å²) in [6, 6.07) is 15.7. The third kappa shape index (κ3) is 5.84. The van der Waals surface area contributed by atoms with E-state index in [0.29, 0.717) is 17.7 Å². The molecule has 28 heavy (non-hydrogen) atoms. The molecule has 3 rings (SSSR count). The van der Waals surface area contributed by atoms with Crippen molar-refractivity contribution in [1.82, 2.24) is 9.62 Å². The van der Waals surface area contributed by atoms with Crippen LogP contribution in [0.5, 0.6) is 0 Å². The number of hydrogen-bond donors (Lipinski definition) is 2. The lowest BCUT2D eigenvalue weighted by Gasteiger charge is -2.30. The number of nitrogens with two attached hydrogens (primary N) is 1. The fourth-order valence-corrected chi connectivity index (χ4v) is 4.64. The molecule has 0 amide bonds. The van der Waals surface area contributed by atoms with E-state index in [1.165, 1.54) is 32.1 Å². The molecule has 1 aliphatic rings. The summed E-state index contributed by atoms with van der Waals surface area (Å²) in [6.45, 7) is 1.59. The van der Waals surface area contributed by atoms with Gasteiger partial charge in [0.2, 0.25) is 0 Å². The van der Waals surface area contributed by atoms with Crippen LogP contribution in [0.1, 0.15) is 53.6 Å². The number of nitrogens with zero attached hydrogens (tertiary/aromatic N) is 1. The van der Waals surface area contributed by atoms with E-state index in [2.05, 4.69) is 16.7 Å². The smallest absolute Gasteiger partial charge is 0.193 e. The molecule has 0 saturated heterocycles. The maximum absolute atomic E-state index is 12.6. The summed E-state index contributed by atoms with van der Waals surface area (Å²) in [5.41, 5.74) is 9.22. The maximum Gasteiger partial charge on any atom is 0.193 e. The summed E-state index contributed by atoms with van der Waals surface area (Å²) < 4.78 is 2.44. The van der Waals surface area contributed by atoms with Crippen molar-refractivity contribution in [2.24, 2.45) is 0 Å². The van der Waals surface area contributed by atoms with Crippen LogP contribution >= 0.6 is 11.9 Å². The van der Waals surface area contributed by atoms with E-state index in [0.717, 1.165) is 29.6 Å². The minimum absolute atomic E-state index is 0.0338. The highest BCUT2D eigenvalue weighted by Gasteiger charge is 2.18. The number of ketones is 1. The summed E-state index contributed by atoms with van der Waals surface area (Å²) in [5.74, 6) is 1.07. The Hall–Kier alpha value is -1.82. The van der Waals surface area contributed by atoms with Gasteiger partial charge in [0.05, 0.1) is 0 Å². The summed E-state index contributed by atoms with van der Waals surface area (Å²) in [7, 11) is 2.22. The molecule has 0 aromatic heterocycles. The molecule has 150 valence electrons. The lowest BCUT2D eigenvalue weighted by atomic mass is 9.96. The van der Waals surface area contributed by atoms with Crippen molar-refractivity contribution in [1.29, 1.82) is 0 Å². The van der Waals surface area contributed by atoms with E-state index in [1.54, 1.807) is 0 Å². The molecule has 0 aliphatic heterocycles. The molecule has 0 unspecified atom stereocenters. The van der Waals surface area contributed by atoms with Crippen molar-refractivity contribution in [2.75, 3.05) is 25.1 Å². The Morgan fingerprint density at radius 1 is 1.11 bits per heavy atom. The fourth-order valence-electron chi connectivity index (χ4n) is 3.69. The molecule has 4 nitrogen and oxygen atoms in total.